The molecule has 1 aromatic carbocycles. The Morgan fingerprint density at radius 3 is 2.75 bits per heavy atom. The molecule has 1 aliphatic heterocycles. The van der Waals surface area contributed by atoms with Gasteiger partial charge in [-0.3, -0.25) is 9.59 Å². The van der Waals surface area contributed by atoms with E-state index < -0.39 is 17.1 Å². The van der Waals surface area contributed by atoms with Crippen molar-refractivity contribution < 1.29 is 19.5 Å². The quantitative estimate of drug-likeness (QED) is 0.716. The number of fused-ring (bicyclic) bond motifs is 1. The topological polar surface area (TPSA) is 101 Å². The Labute approximate surface area is 169 Å². The standard InChI is InChI=1S/C20H16N2O4S2/c21-10-13-11-5-1-3-7-14(11)28-19(13)22-17(23)9-16(18(22)24)27-15-8-4-2-6-12(15)20(25)26/h2,4,6,8,16H,1,3,5,7,9H2,(H,25,26)/p-1/t16-/m1/s1. The number of thioether (sulfide) groups is 1. The fourth-order valence-electron chi connectivity index (χ4n) is 3.63. The zero-order chi connectivity index (χ0) is 19.8. The number of carbonyl (C=O) groups is 3. The monoisotopic (exact) mass is 411 g/mol. The van der Waals surface area contributed by atoms with E-state index in [1.54, 1.807) is 18.2 Å². The van der Waals surface area contributed by atoms with E-state index in [4.69, 9.17) is 0 Å². The Morgan fingerprint density at radius 2 is 2.00 bits per heavy atom. The minimum absolute atomic E-state index is 0.00417. The summed E-state index contributed by atoms with van der Waals surface area (Å²) in [7, 11) is 0. The minimum Gasteiger partial charge on any atom is -0.545 e. The lowest BCUT2D eigenvalue weighted by atomic mass is 9.96. The van der Waals surface area contributed by atoms with Crippen LogP contribution in [0.2, 0.25) is 0 Å². The van der Waals surface area contributed by atoms with Crippen molar-refractivity contribution >= 4 is 45.9 Å². The van der Waals surface area contributed by atoms with Crippen molar-refractivity contribution in [2.75, 3.05) is 4.90 Å². The average molecular weight is 411 g/mol. The maximum Gasteiger partial charge on any atom is 0.248 e. The van der Waals surface area contributed by atoms with E-state index in [1.807, 2.05) is 0 Å². The number of nitrogens with zero attached hydrogens (tertiary/aromatic N) is 2. The predicted molar refractivity (Wildman–Crippen MR) is 103 cm³/mol. The highest BCUT2D eigenvalue weighted by molar-refractivity contribution is 8.00. The summed E-state index contributed by atoms with van der Waals surface area (Å²) >= 11 is 2.41. The molecule has 1 atom stereocenters. The molecule has 1 aliphatic carbocycles. The molecule has 2 amide bonds. The number of aromatic carboxylic acids is 1. The van der Waals surface area contributed by atoms with Crippen molar-refractivity contribution in [3.05, 3.63) is 45.8 Å². The molecular weight excluding hydrogens is 396 g/mol. The van der Waals surface area contributed by atoms with Crippen molar-refractivity contribution in [1.82, 2.24) is 0 Å². The number of imide groups is 1. The van der Waals surface area contributed by atoms with Gasteiger partial charge in [-0.25, -0.2) is 4.90 Å². The largest absolute Gasteiger partial charge is 0.545 e. The minimum atomic E-state index is -1.32. The van der Waals surface area contributed by atoms with Crippen LogP contribution in [0.5, 0.6) is 0 Å². The first-order chi connectivity index (χ1) is 13.5. The smallest absolute Gasteiger partial charge is 0.248 e. The molecule has 2 aromatic rings. The maximum atomic E-state index is 13.0. The predicted octanol–water partition coefficient (Wildman–Crippen LogP) is 2.29. The highest BCUT2D eigenvalue weighted by atomic mass is 32.2. The molecule has 1 fully saturated rings. The number of carboxylic acid groups (broad SMARTS) is 1. The second-order valence-electron chi connectivity index (χ2n) is 6.66. The van der Waals surface area contributed by atoms with Gasteiger partial charge in [-0.2, -0.15) is 5.26 Å². The van der Waals surface area contributed by atoms with E-state index in [-0.39, 0.29) is 17.9 Å². The van der Waals surface area contributed by atoms with Crippen molar-refractivity contribution in [2.45, 2.75) is 42.2 Å². The lowest BCUT2D eigenvalue weighted by molar-refractivity contribution is -0.255. The van der Waals surface area contributed by atoms with Crippen LogP contribution in [-0.2, 0) is 22.4 Å². The summed E-state index contributed by atoms with van der Waals surface area (Å²) in [6.07, 6.45) is 3.67. The summed E-state index contributed by atoms with van der Waals surface area (Å²) in [6.45, 7) is 0. The van der Waals surface area contributed by atoms with Crippen molar-refractivity contribution in [2.24, 2.45) is 0 Å². The molecule has 2 aliphatic rings. The van der Waals surface area contributed by atoms with Crippen LogP contribution in [-0.4, -0.2) is 23.0 Å². The summed E-state index contributed by atoms with van der Waals surface area (Å²) in [5.41, 5.74) is 1.39. The number of aryl methyl sites for hydroxylation is 1. The Hall–Kier alpha value is -2.63. The molecule has 0 bridgehead atoms. The van der Waals surface area contributed by atoms with Gasteiger partial charge in [0.05, 0.1) is 16.8 Å². The molecule has 8 heteroatoms. The SMILES string of the molecule is N#Cc1c(N2C(=O)C[C@@H](Sc3ccccc3C(=O)[O-])C2=O)sc2c1CCCC2. The molecular formula is C20H15N2O4S2-. The molecule has 142 valence electrons. The number of benzene rings is 1. The average Bonchev–Trinajstić information content (AvgIpc) is 3.18. The van der Waals surface area contributed by atoms with Crippen LogP contribution in [0.4, 0.5) is 5.00 Å². The lowest BCUT2D eigenvalue weighted by Crippen LogP contribution is -2.31. The fraction of sp³-hybridized carbons (Fsp3) is 0.300. The third kappa shape index (κ3) is 3.11. The molecule has 28 heavy (non-hydrogen) atoms. The van der Waals surface area contributed by atoms with Gasteiger partial charge in [-0.15, -0.1) is 23.1 Å². The zero-order valence-corrected chi connectivity index (χ0v) is 16.4. The van der Waals surface area contributed by atoms with E-state index >= 15 is 0 Å². The number of amides is 2. The van der Waals surface area contributed by atoms with E-state index in [1.165, 1.54) is 17.4 Å². The number of hydrogen-bond acceptors (Lipinski definition) is 7. The summed E-state index contributed by atoms with van der Waals surface area (Å²) in [6, 6.07) is 8.45. The molecule has 1 saturated heterocycles. The number of rotatable bonds is 4. The van der Waals surface area contributed by atoms with Gasteiger partial charge < -0.3 is 9.90 Å². The van der Waals surface area contributed by atoms with E-state index in [0.717, 1.165) is 52.8 Å². The number of nitriles is 1. The van der Waals surface area contributed by atoms with Crippen molar-refractivity contribution in [3.8, 4) is 6.07 Å². The van der Waals surface area contributed by atoms with Gasteiger partial charge in [0.15, 0.2) is 0 Å². The molecule has 1 aromatic heterocycles. The van der Waals surface area contributed by atoms with E-state index in [9.17, 15) is 24.8 Å². The summed E-state index contributed by atoms with van der Waals surface area (Å²) in [5, 5.41) is 20.6. The normalized spacial score (nSPS) is 18.8. The third-order valence-corrected chi connectivity index (χ3v) is 7.49. The van der Waals surface area contributed by atoms with Gasteiger partial charge in [0.1, 0.15) is 11.1 Å². The number of anilines is 1. The molecule has 4 rings (SSSR count). The van der Waals surface area contributed by atoms with Gasteiger partial charge in [0, 0.05) is 21.8 Å². The summed E-state index contributed by atoms with van der Waals surface area (Å²) < 4.78 is 0. The Bertz CT molecular complexity index is 1040. The number of hydrogen-bond donors (Lipinski definition) is 0. The Balaban J connectivity index is 1.65. The van der Waals surface area contributed by atoms with Crippen LogP contribution < -0.4 is 10.0 Å². The van der Waals surface area contributed by atoms with Crippen LogP contribution in [0.3, 0.4) is 0 Å². The van der Waals surface area contributed by atoms with Crippen LogP contribution in [0.15, 0.2) is 29.2 Å². The summed E-state index contributed by atoms with van der Waals surface area (Å²) in [4.78, 5) is 39.5. The first-order valence-electron chi connectivity index (χ1n) is 8.89. The molecule has 0 spiro atoms. The second-order valence-corrected chi connectivity index (χ2v) is 8.99. The van der Waals surface area contributed by atoms with Crippen LogP contribution in [0, 0.1) is 11.3 Å². The first kappa shape index (κ1) is 18.7. The van der Waals surface area contributed by atoms with Crippen molar-refractivity contribution in [3.63, 3.8) is 0 Å². The molecule has 0 saturated carbocycles. The van der Waals surface area contributed by atoms with Crippen molar-refractivity contribution in [1.29, 1.82) is 5.26 Å². The lowest BCUT2D eigenvalue weighted by Gasteiger charge is -2.15. The molecule has 2 heterocycles. The second kappa shape index (κ2) is 7.41. The highest BCUT2D eigenvalue weighted by Crippen LogP contribution is 2.43. The Morgan fingerprint density at radius 1 is 1.25 bits per heavy atom. The zero-order valence-electron chi connectivity index (χ0n) is 14.8. The van der Waals surface area contributed by atoms with E-state index in [2.05, 4.69) is 6.07 Å². The highest BCUT2D eigenvalue weighted by Gasteiger charge is 2.43. The number of carboxylic acids is 1. The van der Waals surface area contributed by atoms with Gasteiger partial charge in [0.25, 0.3) is 0 Å². The fourth-order valence-corrected chi connectivity index (χ4v) is 6.16. The molecule has 0 radical (unpaired) electrons. The first-order valence-corrected chi connectivity index (χ1v) is 10.6. The maximum absolute atomic E-state index is 13.0. The van der Waals surface area contributed by atoms with Gasteiger partial charge in [0.2, 0.25) is 11.8 Å². The third-order valence-electron chi connectivity index (χ3n) is 4.95. The van der Waals surface area contributed by atoms with E-state index in [0.29, 0.717) is 15.5 Å². The van der Waals surface area contributed by atoms with Crippen LogP contribution in [0.25, 0.3) is 0 Å². The van der Waals surface area contributed by atoms with Gasteiger partial charge >= 0.3 is 0 Å². The Kier molecular flexibility index (Phi) is 4.96. The molecule has 0 N–H and O–H groups in total. The molecule has 0 unspecified atom stereocenters. The van der Waals surface area contributed by atoms with Crippen LogP contribution >= 0.6 is 23.1 Å². The van der Waals surface area contributed by atoms with Gasteiger partial charge in [-0.05, 0) is 37.3 Å². The number of carbonyl (C=O) groups excluding carboxylic acids is 3. The number of thiophene rings is 1. The van der Waals surface area contributed by atoms with Gasteiger partial charge in [-0.1, -0.05) is 18.2 Å². The van der Waals surface area contributed by atoms with Crippen LogP contribution in [0.1, 0.15) is 45.6 Å². The molecule has 6 nitrogen and oxygen atoms in total. The summed E-state index contributed by atoms with van der Waals surface area (Å²) in [5.74, 6) is -2.09.